The molecule has 10 heteroatoms. The monoisotopic (exact) mass is 309 g/mol. The number of hydrogen-bond acceptors (Lipinski definition) is 3. The average molecular weight is 309 g/mol. The second-order valence-electron chi connectivity index (χ2n) is 3.60. The lowest BCUT2D eigenvalue weighted by Crippen LogP contribution is -2.39. The first-order chi connectivity index (χ1) is 8.17. The van der Waals surface area contributed by atoms with Crippen molar-refractivity contribution in [1.29, 1.82) is 0 Å². The van der Waals surface area contributed by atoms with Crippen LogP contribution in [0.5, 0.6) is 0 Å². The Morgan fingerprint density at radius 3 is 3.06 bits per heavy atom. The maximum Gasteiger partial charge on any atom is 0.323 e. The Bertz CT molecular complexity index is 424. The van der Waals surface area contributed by atoms with Crippen molar-refractivity contribution in [2.75, 3.05) is 11.9 Å². The summed E-state index contributed by atoms with van der Waals surface area (Å²) in [5.41, 5.74) is 1.01. The van der Waals surface area contributed by atoms with Crippen LogP contribution in [0.4, 0.5) is 10.6 Å². The van der Waals surface area contributed by atoms with Crippen molar-refractivity contribution < 1.29 is 4.79 Å². The number of carbonyl (C=O) groups is 1. The quantitative estimate of drug-likeness (QED) is 0.869. The van der Waals surface area contributed by atoms with E-state index in [-0.39, 0.29) is 6.03 Å². The van der Waals surface area contributed by atoms with Gasteiger partial charge in [0.25, 0.3) is 0 Å². The van der Waals surface area contributed by atoms with E-state index < -0.39 is 7.45 Å². The summed E-state index contributed by atoms with van der Waals surface area (Å²) in [4.78, 5) is 13.5. The van der Waals surface area contributed by atoms with Gasteiger partial charge in [0.05, 0.1) is 14.0 Å². The van der Waals surface area contributed by atoms with E-state index in [1.807, 2.05) is 4.45 Å². The van der Waals surface area contributed by atoms with Gasteiger partial charge in [-0.25, -0.2) is 9.25 Å². The third kappa shape index (κ3) is 2.76. The van der Waals surface area contributed by atoms with Crippen molar-refractivity contribution in [3.63, 3.8) is 0 Å². The lowest BCUT2D eigenvalue weighted by atomic mass is 10.3. The normalized spacial score (nSPS) is 17.4. The number of hydrogen-bond donors (Lipinski definition) is 1. The highest BCUT2D eigenvalue weighted by molar-refractivity contribution is 8.60. The van der Waals surface area contributed by atoms with Crippen LogP contribution < -0.4 is 5.32 Å². The maximum absolute atomic E-state index is 11.7. The Morgan fingerprint density at radius 2 is 2.41 bits per heavy atom. The van der Waals surface area contributed by atoms with E-state index in [1.54, 1.807) is 4.90 Å². The summed E-state index contributed by atoms with van der Waals surface area (Å²) in [5.74, 6) is 0.612. The van der Waals surface area contributed by atoms with E-state index in [0.717, 1.165) is 18.7 Å². The smallest absolute Gasteiger partial charge is 0.318 e. The molecule has 2 amide bonds. The van der Waals surface area contributed by atoms with Gasteiger partial charge >= 0.3 is 6.03 Å². The Morgan fingerprint density at radius 1 is 1.65 bits per heavy atom. The molecule has 94 valence electrons. The molecule has 0 aromatic carbocycles. The molecule has 1 N–H and O–H groups in total. The zero-order valence-corrected chi connectivity index (χ0v) is 13.6. The maximum atomic E-state index is 11.7. The molecular formula is C7H15N5OP4. The fourth-order valence-corrected chi connectivity index (χ4v) is 4.65. The Balaban J connectivity index is 2.26. The van der Waals surface area contributed by atoms with E-state index in [2.05, 4.69) is 40.4 Å². The van der Waals surface area contributed by atoms with Gasteiger partial charge in [0.1, 0.15) is 5.69 Å². The summed E-state index contributed by atoms with van der Waals surface area (Å²) in [7, 11) is 5.83. The van der Waals surface area contributed by atoms with Crippen molar-refractivity contribution >= 4 is 45.1 Å². The summed E-state index contributed by atoms with van der Waals surface area (Å²) >= 11 is 0. The molecule has 2 rings (SSSR count). The summed E-state index contributed by atoms with van der Waals surface area (Å²) in [6.45, 7) is 3.42. The number of amides is 2. The van der Waals surface area contributed by atoms with Gasteiger partial charge in [-0.1, -0.05) is 21.1 Å². The van der Waals surface area contributed by atoms with Gasteiger partial charge in [0, 0.05) is 6.54 Å². The van der Waals surface area contributed by atoms with Crippen LogP contribution >= 0.6 is 33.3 Å². The molecule has 1 aromatic heterocycles. The number of nitrogens with one attached hydrogen (secondary N) is 1. The molecule has 0 radical (unpaired) electrons. The van der Waals surface area contributed by atoms with E-state index in [1.165, 1.54) is 0 Å². The minimum atomic E-state index is -0.421. The molecule has 1 aliphatic heterocycles. The number of carbonyl (C=O) groups excluding carboxylic acids is 1. The van der Waals surface area contributed by atoms with Crippen molar-refractivity contribution in [1.82, 2.24) is 19.7 Å². The van der Waals surface area contributed by atoms with Crippen LogP contribution in [0.2, 0.25) is 0 Å². The molecule has 4 unspecified atom stereocenters. The molecule has 0 spiro atoms. The van der Waals surface area contributed by atoms with Gasteiger partial charge in [-0.15, -0.1) is 14.0 Å². The van der Waals surface area contributed by atoms with E-state index >= 15 is 0 Å². The van der Waals surface area contributed by atoms with Crippen LogP contribution in [0.1, 0.15) is 19.0 Å². The molecule has 1 aromatic rings. The zero-order chi connectivity index (χ0) is 12.4. The van der Waals surface area contributed by atoms with Gasteiger partial charge in [0.2, 0.25) is 0 Å². The van der Waals surface area contributed by atoms with Crippen LogP contribution in [0.15, 0.2) is 0 Å². The van der Waals surface area contributed by atoms with E-state index in [9.17, 15) is 4.79 Å². The fraction of sp³-hybridized carbons (Fsp3) is 0.571. The summed E-state index contributed by atoms with van der Waals surface area (Å²) in [6, 6.07) is -0.0761. The zero-order valence-electron chi connectivity index (χ0n) is 9.42. The molecule has 6 nitrogen and oxygen atoms in total. The van der Waals surface area contributed by atoms with Crippen molar-refractivity contribution in [2.24, 2.45) is 0 Å². The first-order valence-corrected chi connectivity index (χ1v) is 11.8. The van der Waals surface area contributed by atoms with Gasteiger partial charge < -0.3 is 4.90 Å². The molecule has 4 atom stereocenters. The number of aromatic nitrogens is 3. The number of nitrogens with zero attached hydrogens (tertiary/aromatic N) is 4. The van der Waals surface area contributed by atoms with E-state index in [4.69, 9.17) is 0 Å². The molecular weight excluding hydrogens is 294 g/mol. The predicted octanol–water partition coefficient (Wildman–Crippen LogP) is 2.45. The van der Waals surface area contributed by atoms with E-state index in [0.29, 0.717) is 20.3 Å². The highest BCUT2D eigenvalue weighted by atomic mass is 32.6. The van der Waals surface area contributed by atoms with Gasteiger partial charge in [0.15, 0.2) is 5.82 Å². The molecule has 0 bridgehead atoms. The highest BCUT2D eigenvalue weighted by Gasteiger charge is 2.28. The molecule has 0 aliphatic carbocycles. The Kier molecular flexibility index (Phi) is 4.66. The minimum absolute atomic E-state index is 0.0761. The molecule has 17 heavy (non-hydrogen) atoms. The average Bonchev–Trinajstić information content (AvgIpc) is 2.72. The topological polar surface area (TPSA) is 63.1 Å². The second-order valence-corrected chi connectivity index (χ2v) is 12.4. The Hall–Kier alpha value is 0.130. The minimum Gasteiger partial charge on any atom is -0.318 e. The lowest BCUT2D eigenvalue weighted by molar-refractivity contribution is 0.205. The van der Waals surface area contributed by atoms with Crippen LogP contribution in [-0.4, -0.2) is 32.2 Å². The summed E-state index contributed by atoms with van der Waals surface area (Å²) in [6.07, 6.45) is 0.950. The summed E-state index contributed by atoms with van der Waals surface area (Å²) in [5, 5.41) is 10.9. The van der Waals surface area contributed by atoms with Crippen molar-refractivity contribution in [3.8, 4) is 0 Å². The first kappa shape index (κ1) is 13.6. The standard InChI is InChI=1S/C7H15N5OP4/c1-2-3-11-4-5-6(8-7(11)13)9-10-12(5)17(15)16-14/h16H,2-4,14-15H2,1H3,(H,8,13). The molecule has 0 saturated heterocycles. The molecule has 0 saturated carbocycles. The van der Waals surface area contributed by atoms with Gasteiger partial charge in [-0.2, -0.15) is 0 Å². The lowest BCUT2D eigenvalue weighted by Gasteiger charge is -2.27. The van der Waals surface area contributed by atoms with Crippen LogP contribution in [0.25, 0.3) is 0 Å². The van der Waals surface area contributed by atoms with Crippen LogP contribution in [0.3, 0.4) is 0 Å². The largest absolute Gasteiger partial charge is 0.323 e. The summed E-state index contributed by atoms with van der Waals surface area (Å²) < 4.78 is 1.93. The molecule has 0 fully saturated rings. The number of urea groups is 1. The van der Waals surface area contributed by atoms with Crippen molar-refractivity contribution in [3.05, 3.63) is 5.69 Å². The number of rotatable bonds is 4. The molecule has 2 heterocycles. The third-order valence-corrected chi connectivity index (χ3v) is 11.8. The fourth-order valence-electron chi connectivity index (χ4n) is 1.64. The number of anilines is 1. The SMILES string of the molecule is CCCN1Cc2c(nnn2P(P)PP)NC1=O. The van der Waals surface area contributed by atoms with Crippen LogP contribution in [0, 0.1) is 0 Å². The predicted molar refractivity (Wildman–Crippen MR) is 79.8 cm³/mol. The Labute approximate surface area is 107 Å². The molecule has 1 aliphatic rings. The third-order valence-electron chi connectivity index (χ3n) is 2.43. The van der Waals surface area contributed by atoms with Gasteiger partial charge in [-0.05, 0) is 14.4 Å². The second kappa shape index (κ2) is 5.85. The highest BCUT2D eigenvalue weighted by Crippen LogP contribution is 2.66. The van der Waals surface area contributed by atoms with Gasteiger partial charge in [-0.3, -0.25) is 5.32 Å². The van der Waals surface area contributed by atoms with Crippen molar-refractivity contribution in [2.45, 2.75) is 19.9 Å². The number of fused-ring (bicyclic) bond motifs is 1. The first-order valence-electron chi connectivity index (χ1n) is 5.19. The van der Waals surface area contributed by atoms with Crippen LogP contribution in [-0.2, 0) is 6.54 Å².